The molecule has 0 aromatic heterocycles. The van der Waals surface area contributed by atoms with Crippen LogP contribution in [0.25, 0.3) is 0 Å². The molecular weight excluding hydrogens is 288 g/mol. The zero-order chi connectivity index (χ0) is 16.8. The number of hydrogen-bond donors (Lipinski definition) is 2. The van der Waals surface area contributed by atoms with Crippen molar-refractivity contribution in [1.29, 1.82) is 0 Å². The predicted octanol–water partition coefficient (Wildman–Crippen LogP) is 3.16. The van der Waals surface area contributed by atoms with E-state index in [2.05, 4.69) is 55.3 Å². The molecule has 0 radical (unpaired) electrons. The summed E-state index contributed by atoms with van der Waals surface area (Å²) in [6, 6.07) is 11.4. The molecule has 0 spiro atoms. The van der Waals surface area contributed by atoms with Crippen LogP contribution in [0.15, 0.2) is 30.3 Å². The van der Waals surface area contributed by atoms with E-state index in [1.807, 2.05) is 6.07 Å². The van der Waals surface area contributed by atoms with Gasteiger partial charge in [0, 0.05) is 31.7 Å². The van der Waals surface area contributed by atoms with Crippen LogP contribution in [0.2, 0.25) is 0 Å². The van der Waals surface area contributed by atoms with Gasteiger partial charge in [0.2, 0.25) is 0 Å². The van der Waals surface area contributed by atoms with Crippen molar-refractivity contribution in [3.05, 3.63) is 35.9 Å². The van der Waals surface area contributed by atoms with Gasteiger partial charge in [-0.15, -0.1) is 0 Å². The van der Waals surface area contributed by atoms with E-state index < -0.39 is 5.97 Å². The second kappa shape index (κ2) is 8.46. The molecule has 1 heterocycles. The van der Waals surface area contributed by atoms with Crippen molar-refractivity contribution in [2.75, 3.05) is 19.6 Å². The first-order chi connectivity index (χ1) is 11.0. The Bertz CT molecular complexity index is 489. The molecule has 1 aliphatic heterocycles. The van der Waals surface area contributed by atoms with Crippen molar-refractivity contribution in [2.45, 2.75) is 45.7 Å². The molecule has 23 heavy (non-hydrogen) atoms. The molecule has 1 aromatic rings. The number of hydrogen-bond acceptors (Lipinski definition) is 3. The predicted molar refractivity (Wildman–Crippen MR) is 93.4 cm³/mol. The Kier molecular flexibility index (Phi) is 6.60. The van der Waals surface area contributed by atoms with Gasteiger partial charge in [0.25, 0.3) is 0 Å². The van der Waals surface area contributed by atoms with Crippen molar-refractivity contribution in [2.24, 2.45) is 11.8 Å². The minimum absolute atomic E-state index is 0.282. The van der Waals surface area contributed by atoms with Crippen LogP contribution in [-0.2, 0) is 4.79 Å². The Balaban J connectivity index is 1.82. The molecule has 4 heteroatoms. The molecule has 0 aliphatic carbocycles. The van der Waals surface area contributed by atoms with Crippen LogP contribution in [0.4, 0.5) is 0 Å². The number of aliphatic carboxylic acids is 1. The number of carbonyl (C=O) groups is 1. The van der Waals surface area contributed by atoms with Crippen molar-refractivity contribution in [3.8, 4) is 0 Å². The van der Waals surface area contributed by atoms with Crippen molar-refractivity contribution in [3.63, 3.8) is 0 Å². The number of carboxylic acid groups (broad SMARTS) is 1. The summed E-state index contributed by atoms with van der Waals surface area (Å²) in [5.74, 6) is -0.551. The second-order valence-electron chi connectivity index (χ2n) is 7.14. The van der Waals surface area contributed by atoms with Gasteiger partial charge in [-0.3, -0.25) is 9.69 Å². The van der Waals surface area contributed by atoms with E-state index >= 15 is 0 Å². The SMILES string of the molecule is CC(C)CC(CNC1CCN(C(C)c2ccccc2)C1)C(=O)O. The Morgan fingerprint density at radius 3 is 2.61 bits per heavy atom. The average Bonchev–Trinajstić information content (AvgIpc) is 3.00. The zero-order valence-electron chi connectivity index (χ0n) is 14.5. The summed E-state index contributed by atoms with van der Waals surface area (Å²) in [5.41, 5.74) is 1.34. The van der Waals surface area contributed by atoms with Crippen molar-refractivity contribution >= 4 is 5.97 Å². The minimum atomic E-state index is -0.682. The Hall–Kier alpha value is -1.39. The number of benzene rings is 1. The van der Waals surface area contributed by atoms with Gasteiger partial charge in [-0.2, -0.15) is 0 Å². The maximum Gasteiger partial charge on any atom is 0.307 e. The fourth-order valence-corrected chi connectivity index (χ4v) is 3.40. The molecule has 0 bridgehead atoms. The highest BCUT2D eigenvalue weighted by molar-refractivity contribution is 5.70. The molecule has 1 aliphatic rings. The monoisotopic (exact) mass is 318 g/mol. The molecule has 0 saturated carbocycles. The number of carboxylic acids is 1. The highest BCUT2D eigenvalue weighted by Crippen LogP contribution is 2.24. The standard InChI is InChI=1S/C19H30N2O2/c1-14(2)11-17(19(22)23)12-20-18-9-10-21(13-18)15(3)16-7-5-4-6-8-16/h4-8,14-15,17-18,20H,9-13H2,1-3H3,(H,22,23). The Labute approximate surface area is 139 Å². The third-order valence-corrected chi connectivity index (χ3v) is 4.81. The number of nitrogens with one attached hydrogen (secondary N) is 1. The molecule has 1 aromatic carbocycles. The van der Waals surface area contributed by atoms with E-state index in [-0.39, 0.29) is 5.92 Å². The lowest BCUT2D eigenvalue weighted by molar-refractivity contribution is -0.142. The van der Waals surface area contributed by atoms with Crippen LogP contribution in [-0.4, -0.2) is 41.7 Å². The van der Waals surface area contributed by atoms with Crippen molar-refractivity contribution in [1.82, 2.24) is 10.2 Å². The molecule has 2 rings (SSSR count). The number of likely N-dealkylation sites (tertiary alicyclic amines) is 1. The summed E-state index contributed by atoms with van der Waals surface area (Å²) in [7, 11) is 0. The van der Waals surface area contributed by atoms with E-state index in [1.165, 1.54) is 5.56 Å². The van der Waals surface area contributed by atoms with Gasteiger partial charge >= 0.3 is 5.97 Å². The summed E-state index contributed by atoms with van der Waals surface area (Å²) in [6.45, 7) is 9.03. The summed E-state index contributed by atoms with van der Waals surface area (Å²) in [5, 5.41) is 12.8. The van der Waals surface area contributed by atoms with E-state index in [1.54, 1.807) is 0 Å². The molecule has 1 fully saturated rings. The van der Waals surface area contributed by atoms with Crippen LogP contribution in [0, 0.1) is 11.8 Å². The van der Waals surface area contributed by atoms with Gasteiger partial charge in [-0.25, -0.2) is 0 Å². The zero-order valence-corrected chi connectivity index (χ0v) is 14.5. The molecular formula is C19H30N2O2. The lowest BCUT2D eigenvalue weighted by atomic mass is 9.97. The summed E-state index contributed by atoms with van der Waals surface area (Å²) in [4.78, 5) is 13.8. The van der Waals surface area contributed by atoms with Crippen LogP contribution in [0.3, 0.4) is 0 Å². The quantitative estimate of drug-likeness (QED) is 0.773. The summed E-state index contributed by atoms with van der Waals surface area (Å²) in [6.07, 6.45) is 1.82. The van der Waals surface area contributed by atoms with Gasteiger partial charge in [0.1, 0.15) is 0 Å². The van der Waals surface area contributed by atoms with Crippen LogP contribution in [0.5, 0.6) is 0 Å². The average molecular weight is 318 g/mol. The third-order valence-electron chi connectivity index (χ3n) is 4.81. The topological polar surface area (TPSA) is 52.6 Å². The smallest absolute Gasteiger partial charge is 0.307 e. The van der Waals surface area contributed by atoms with Crippen molar-refractivity contribution < 1.29 is 9.90 Å². The minimum Gasteiger partial charge on any atom is -0.481 e. The molecule has 1 saturated heterocycles. The van der Waals surface area contributed by atoms with Gasteiger partial charge in [0.05, 0.1) is 5.92 Å². The largest absolute Gasteiger partial charge is 0.481 e. The van der Waals surface area contributed by atoms with Gasteiger partial charge in [-0.05, 0) is 31.2 Å². The van der Waals surface area contributed by atoms with Crippen LogP contribution < -0.4 is 5.32 Å². The summed E-state index contributed by atoms with van der Waals surface area (Å²) < 4.78 is 0. The lowest BCUT2D eigenvalue weighted by Crippen LogP contribution is -2.38. The Morgan fingerprint density at radius 1 is 1.30 bits per heavy atom. The first-order valence-corrected chi connectivity index (χ1v) is 8.72. The van der Waals surface area contributed by atoms with Gasteiger partial charge in [-0.1, -0.05) is 44.2 Å². The Morgan fingerprint density at radius 2 is 2.00 bits per heavy atom. The molecule has 3 atom stereocenters. The van der Waals surface area contributed by atoms with E-state index in [9.17, 15) is 9.90 Å². The molecule has 0 amide bonds. The highest BCUT2D eigenvalue weighted by Gasteiger charge is 2.28. The molecule has 2 N–H and O–H groups in total. The van der Waals surface area contributed by atoms with Crippen LogP contribution in [0.1, 0.15) is 45.2 Å². The maximum atomic E-state index is 11.3. The highest BCUT2D eigenvalue weighted by atomic mass is 16.4. The second-order valence-corrected chi connectivity index (χ2v) is 7.14. The number of nitrogens with zero attached hydrogens (tertiary/aromatic N) is 1. The third kappa shape index (κ3) is 5.33. The normalized spacial score (nSPS) is 21.5. The fraction of sp³-hybridized carbons (Fsp3) is 0.632. The summed E-state index contributed by atoms with van der Waals surface area (Å²) >= 11 is 0. The fourth-order valence-electron chi connectivity index (χ4n) is 3.40. The first-order valence-electron chi connectivity index (χ1n) is 8.72. The molecule has 128 valence electrons. The van der Waals surface area contributed by atoms with Gasteiger partial charge in [0.15, 0.2) is 0 Å². The maximum absolute atomic E-state index is 11.3. The van der Waals surface area contributed by atoms with Crippen LogP contribution >= 0.6 is 0 Å². The number of rotatable bonds is 8. The van der Waals surface area contributed by atoms with E-state index in [0.29, 0.717) is 24.5 Å². The molecule has 4 nitrogen and oxygen atoms in total. The lowest BCUT2D eigenvalue weighted by Gasteiger charge is -2.25. The molecule has 3 unspecified atom stereocenters. The van der Waals surface area contributed by atoms with E-state index in [4.69, 9.17) is 0 Å². The van der Waals surface area contributed by atoms with Gasteiger partial charge < -0.3 is 10.4 Å². The first kappa shape index (κ1) is 18.0. The van der Waals surface area contributed by atoms with E-state index in [0.717, 1.165) is 25.9 Å².